The Morgan fingerprint density at radius 1 is 1.06 bits per heavy atom. The van der Waals surface area contributed by atoms with Crippen LogP contribution in [0.1, 0.15) is 73.5 Å². The number of hydrogen-bond donors (Lipinski definition) is 2. The Labute approximate surface area is 209 Å². The Balaban J connectivity index is 1.65. The molecule has 1 aliphatic carbocycles. The summed E-state index contributed by atoms with van der Waals surface area (Å²) in [5.41, 5.74) is 0.162. The number of carbonyl (C=O) groups is 2. The van der Waals surface area contributed by atoms with Gasteiger partial charge in [-0.3, -0.25) is 0 Å². The van der Waals surface area contributed by atoms with Crippen molar-refractivity contribution in [2.75, 3.05) is 13.2 Å². The number of esters is 1. The summed E-state index contributed by atoms with van der Waals surface area (Å²) in [6.45, 7) is 4.42. The van der Waals surface area contributed by atoms with Gasteiger partial charge in [0.1, 0.15) is 11.9 Å². The summed E-state index contributed by atoms with van der Waals surface area (Å²) >= 11 is 0. The molecule has 2 N–H and O–H groups in total. The van der Waals surface area contributed by atoms with Crippen LogP contribution in [0.2, 0.25) is 0 Å². The molecule has 2 aromatic carbocycles. The minimum absolute atomic E-state index is 0.147. The van der Waals surface area contributed by atoms with E-state index >= 15 is 0 Å². The van der Waals surface area contributed by atoms with Crippen molar-refractivity contribution in [3.05, 3.63) is 65.2 Å². The third kappa shape index (κ3) is 8.17. The highest BCUT2D eigenvalue weighted by Crippen LogP contribution is 2.32. The van der Waals surface area contributed by atoms with Gasteiger partial charge in [-0.1, -0.05) is 31.9 Å². The maximum absolute atomic E-state index is 13.0. The van der Waals surface area contributed by atoms with Crippen LogP contribution in [-0.2, 0) is 10.9 Å². The molecule has 196 valence electrons. The molecule has 3 rings (SSSR count). The van der Waals surface area contributed by atoms with Crippen molar-refractivity contribution in [1.29, 1.82) is 0 Å². The largest absolute Gasteiger partial charge is 0.486 e. The van der Waals surface area contributed by atoms with Gasteiger partial charge in [0.25, 0.3) is 0 Å². The van der Waals surface area contributed by atoms with Crippen LogP contribution >= 0.6 is 0 Å². The number of halogens is 3. The number of rotatable bonds is 9. The maximum atomic E-state index is 13.0. The summed E-state index contributed by atoms with van der Waals surface area (Å²) in [5, 5.41) is 5.84. The Hall–Kier alpha value is -3.23. The third-order valence-corrected chi connectivity index (χ3v) is 6.22. The van der Waals surface area contributed by atoms with E-state index in [4.69, 9.17) is 9.47 Å². The zero-order chi connectivity index (χ0) is 26.1. The molecule has 1 saturated carbocycles. The standard InChI is InChI=1S/C27H33F3N2O4/c1-3-35-25(33)20-9-13-23(14-10-20)36-24(19-7-11-21(12-8-19)27(28,29)30)15-16-31-26(34)32-22-6-4-5-18(2)17-22/h7-14,18,22,24H,3-6,15-17H2,1-2H3,(H2,31,32,34). The fraction of sp³-hybridized carbons (Fsp3) is 0.481. The molecule has 36 heavy (non-hydrogen) atoms. The van der Waals surface area contributed by atoms with Crippen LogP contribution in [0.5, 0.6) is 5.75 Å². The molecule has 6 nitrogen and oxygen atoms in total. The molecule has 0 saturated heterocycles. The van der Waals surface area contributed by atoms with Gasteiger partial charge in [0.05, 0.1) is 17.7 Å². The van der Waals surface area contributed by atoms with Crippen molar-refractivity contribution < 1.29 is 32.2 Å². The summed E-state index contributed by atoms with van der Waals surface area (Å²) in [7, 11) is 0. The van der Waals surface area contributed by atoms with Gasteiger partial charge < -0.3 is 20.1 Å². The number of ether oxygens (including phenoxy) is 2. The Morgan fingerprint density at radius 3 is 2.36 bits per heavy atom. The van der Waals surface area contributed by atoms with E-state index in [1.165, 1.54) is 18.6 Å². The first kappa shape index (κ1) is 27.4. The van der Waals surface area contributed by atoms with Crippen molar-refractivity contribution in [1.82, 2.24) is 10.6 Å². The van der Waals surface area contributed by atoms with E-state index in [9.17, 15) is 22.8 Å². The lowest BCUT2D eigenvalue weighted by atomic mass is 9.87. The van der Waals surface area contributed by atoms with Gasteiger partial charge in [0.15, 0.2) is 0 Å². The number of alkyl halides is 3. The van der Waals surface area contributed by atoms with E-state index < -0.39 is 23.8 Å². The zero-order valence-corrected chi connectivity index (χ0v) is 20.6. The molecule has 0 bridgehead atoms. The molecule has 2 aromatic rings. The summed E-state index contributed by atoms with van der Waals surface area (Å²) in [4.78, 5) is 24.2. The second-order valence-electron chi connectivity index (χ2n) is 9.13. The smallest absolute Gasteiger partial charge is 0.416 e. The predicted molar refractivity (Wildman–Crippen MR) is 130 cm³/mol. The second-order valence-corrected chi connectivity index (χ2v) is 9.13. The Kier molecular flexibility index (Phi) is 9.61. The van der Waals surface area contributed by atoms with Gasteiger partial charge >= 0.3 is 18.2 Å². The molecule has 1 aliphatic rings. The molecule has 9 heteroatoms. The van der Waals surface area contributed by atoms with Crippen LogP contribution in [0, 0.1) is 5.92 Å². The number of hydrogen-bond acceptors (Lipinski definition) is 4. The van der Waals surface area contributed by atoms with E-state index in [-0.39, 0.29) is 25.2 Å². The molecule has 3 unspecified atom stereocenters. The fourth-order valence-corrected chi connectivity index (χ4v) is 4.35. The molecule has 0 heterocycles. The van der Waals surface area contributed by atoms with Crippen LogP contribution in [-0.4, -0.2) is 31.2 Å². The molecule has 0 spiro atoms. The number of nitrogens with one attached hydrogen (secondary N) is 2. The monoisotopic (exact) mass is 506 g/mol. The molecule has 0 radical (unpaired) electrons. The van der Waals surface area contributed by atoms with Crippen molar-refractivity contribution >= 4 is 12.0 Å². The summed E-state index contributed by atoms with van der Waals surface area (Å²) < 4.78 is 50.1. The second kappa shape index (κ2) is 12.6. The Morgan fingerprint density at radius 2 is 1.75 bits per heavy atom. The van der Waals surface area contributed by atoms with Gasteiger partial charge in [-0.15, -0.1) is 0 Å². The van der Waals surface area contributed by atoms with Gasteiger partial charge in [-0.25, -0.2) is 9.59 Å². The average molecular weight is 507 g/mol. The topological polar surface area (TPSA) is 76.7 Å². The molecule has 3 atom stereocenters. The minimum atomic E-state index is -4.44. The number of benzene rings is 2. The van der Waals surface area contributed by atoms with Crippen molar-refractivity contribution in [3.63, 3.8) is 0 Å². The highest BCUT2D eigenvalue weighted by Gasteiger charge is 2.30. The van der Waals surface area contributed by atoms with Gasteiger partial charge in [0.2, 0.25) is 0 Å². The average Bonchev–Trinajstić information content (AvgIpc) is 2.83. The van der Waals surface area contributed by atoms with Gasteiger partial charge in [-0.05, 0) is 67.6 Å². The minimum Gasteiger partial charge on any atom is -0.486 e. The maximum Gasteiger partial charge on any atom is 0.416 e. The third-order valence-electron chi connectivity index (χ3n) is 6.22. The van der Waals surface area contributed by atoms with Crippen LogP contribution in [0.4, 0.5) is 18.0 Å². The van der Waals surface area contributed by atoms with E-state index in [2.05, 4.69) is 17.6 Å². The van der Waals surface area contributed by atoms with Crippen molar-refractivity contribution in [3.8, 4) is 5.75 Å². The molecule has 1 fully saturated rings. The normalized spacial score (nSPS) is 18.7. The van der Waals surface area contributed by atoms with Gasteiger partial charge in [-0.2, -0.15) is 13.2 Å². The predicted octanol–water partition coefficient (Wildman–Crippen LogP) is 6.27. The molecular formula is C27H33F3N2O4. The molecule has 0 aromatic heterocycles. The lowest BCUT2D eigenvalue weighted by Gasteiger charge is -2.27. The van der Waals surface area contributed by atoms with Crippen LogP contribution in [0.15, 0.2) is 48.5 Å². The summed E-state index contributed by atoms with van der Waals surface area (Å²) in [5.74, 6) is 0.566. The molecular weight excluding hydrogens is 473 g/mol. The fourth-order valence-electron chi connectivity index (χ4n) is 4.35. The van der Waals surface area contributed by atoms with Crippen molar-refractivity contribution in [2.24, 2.45) is 5.92 Å². The first-order chi connectivity index (χ1) is 17.2. The SMILES string of the molecule is CCOC(=O)c1ccc(OC(CCNC(=O)NC2CCCC(C)C2)c2ccc(C(F)(F)F)cc2)cc1. The number of carbonyl (C=O) groups excluding carboxylic acids is 2. The number of amides is 2. The molecule has 0 aliphatic heterocycles. The molecule has 2 amide bonds. The van der Waals surface area contributed by atoms with Crippen LogP contribution in [0.3, 0.4) is 0 Å². The highest BCUT2D eigenvalue weighted by atomic mass is 19.4. The van der Waals surface area contributed by atoms with E-state index in [1.54, 1.807) is 31.2 Å². The van der Waals surface area contributed by atoms with E-state index in [0.29, 0.717) is 29.2 Å². The lowest BCUT2D eigenvalue weighted by Crippen LogP contribution is -2.44. The number of urea groups is 1. The highest BCUT2D eigenvalue weighted by molar-refractivity contribution is 5.89. The first-order valence-electron chi connectivity index (χ1n) is 12.3. The van der Waals surface area contributed by atoms with Gasteiger partial charge in [0, 0.05) is 19.0 Å². The van der Waals surface area contributed by atoms with E-state index in [0.717, 1.165) is 31.4 Å². The first-order valence-corrected chi connectivity index (χ1v) is 12.3. The zero-order valence-electron chi connectivity index (χ0n) is 20.6. The van der Waals surface area contributed by atoms with E-state index in [1.807, 2.05) is 0 Å². The summed E-state index contributed by atoms with van der Waals surface area (Å²) in [6.07, 6.45) is -0.551. The quantitative estimate of drug-likeness (QED) is 0.393. The lowest BCUT2D eigenvalue weighted by molar-refractivity contribution is -0.137. The van der Waals surface area contributed by atoms with Crippen LogP contribution in [0.25, 0.3) is 0 Å². The van der Waals surface area contributed by atoms with Crippen molar-refractivity contribution in [2.45, 2.75) is 64.3 Å². The Bertz CT molecular complexity index is 994. The van der Waals surface area contributed by atoms with Crippen LogP contribution < -0.4 is 15.4 Å². The summed E-state index contributed by atoms with van der Waals surface area (Å²) in [6, 6.07) is 11.0.